The van der Waals surface area contributed by atoms with Crippen LogP contribution in [0.2, 0.25) is 0 Å². The molecule has 2 aromatic carbocycles. The van der Waals surface area contributed by atoms with Gasteiger partial charge in [0.1, 0.15) is 5.82 Å². The van der Waals surface area contributed by atoms with Gasteiger partial charge in [-0.2, -0.15) is 0 Å². The molecule has 0 radical (unpaired) electrons. The Morgan fingerprint density at radius 1 is 1.00 bits per heavy atom. The Kier molecular flexibility index (Phi) is 8.94. The molecule has 1 atom stereocenters. The van der Waals surface area contributed by atoms with E-state index < -0.39 is 23.8 Å². The van der Waals surface area contributed by atoms with Crippen LogP contribution in [0, 0.1) is 11.8 Å². The summed E-state index contributed by atoms with van der Waals surface area (Å²) in [6.45, 7) is 1.39. The molecule has 3 aromatic rings. The number of amides is 3. The third-order valence-corrected chi connectivity index (χ3v) is 5.53. The maximum absolute atomic E-state index is 12.7. The number of nitrogens with one attached hydrogen (secondary N) is 3. The van der Waals surface area contributed by atoms with Crippen LogP contribution in [0.5, 0.6) is 0 Å². The van der Waals surface area contributed by atoms with E-state index in [-0.39, 0.29) is 5.56 Å². The number of rotatable bonds is 8. The van der Waals surface area contributed by atoms with Gasteiger partial charge < -0.3 is 20.1 Å². The van der Waals surface area contributed by atoms with Crippen LogP contribution in [0.15, 0.2) is 60.9 Å². The number of aryl methyl sites for hydroxylation is 1. The minimum Gasteiger partial charge on any atom is -0.357 e. The Hall–Kier alpha value is -4.46. The van der Waals surface area contributed by atoms with E-state index >= 15 is 0 Å². The van der Waals surface area contributed by atoms with Crippen molar-refractivity contribution in [3.8, 4) is 11.8 Å². The van der Waals surface area contributed by atoms with Crippen LogP contribution < -0.4 is 16.1 Å². The number of carbonyl (C=O) groups excluding carboxylic acids is 3. The zero-order valence-electron chi connectivity index (χ0n) is 20.3. The van der Waals surface area contributed by atoms with E-state index in [1.54, 1.807) is 30.5 Å². The van der Waals surface area contributed by atoms with Crippen LogP contribution in [0.1, 0.15) is 32.9 Å². The lowest BCUT2D eigenvalue weighted by molar-refractivity contribution is -0.140. The normalized spacial score (nSPS) is 11.1. The van der Waals surface area contributed by atoms with Crippen molar-refractivity contribution in [1.29, 1.82) is 0 Å². The number of hydrogen-bond acceptors (Lipinski definition) is 6. The third-order valence-electron chi connectivity index (χ3n) is 5.53. The fourth-order valence-electron chi connectivity index (χ4n) is 3.42. The maximum Gasteiger partial charge on any atom is 0.275 e. The molecule has 36 heavy (non-hydrogen) atoms. The minimum absolute atomic E-state index is 0.269. The van der Waals surface area contributed by atoms with E-state index in [4.69, 9.17) is 5.21 Å². The summed E-state index contributed by atoms with van der Waals surface area (Å²) >= 11 is 0. The van der Waals surface area contributed by atoms with Gasteiger partial charge in [-0.1, -0.05) is 24.0 Å². The van der Waals surface area contributed by atoms with Crippen LogP contribution in [0.25, 0.3) is 0 Å². The Bertz CT molecular complexity index is 1260. The second-order valence-electron chi connectivity index (χ2n) is 7.99. The average molecular weight is 489 g/mol. The molecule has 0 aliphatic carbocycles. The summed E-state index contributed by atoms with van der Waals surface area (Å²) in [4.78, 5) is 41.8. The molecule has 0 bridgehead atoms. The molecule has 3 rings (SSSR count). The van der Waals surface area contributed by atoms with Gasteiger partial charge in [-0.05, 0) is 42.0 Å². The molecule has 0 fully saturated rings. The summed E-state index contributed by atoms with van der Waals surface area (Å²) in [6, 6.07) is 12.9. The Labute approximate surface area is 209 Å². The quantitative estimate of drug-likeness (QED) is 0.161. The van der Waals surface area contributed by atoms with Crippen molar-refractivity contribution in [3.05, 3.63) is 89.0 Å². The summed E-state index contributed by atoms with van der Waals surface area (Å²) in [6.07, 6.45) is 3.69. The standard InChI is InChI=1S/C26H28N6O4/c1-27-24(33)23(25(34)30-36)32(3)26(35)21-12-10-19(11-13-21)5-4-18-6-8-20(9-7-18)16-28-17-22-29-14-15-31(22)2/h6-15,23,28,36H,16-17H2,1-3H3,(H,27,33)(H,30,34). The van der Waals surface area contributed by atoms with E-state index in [1.165, 1.54) is 19.6 Å². The zero-order valence-corrected chi connectivity index (χ0v) is 20.3. The molecular weight excluding hydrogens is 460 g/mol. The van der Waals surface area contributed by atoms with Crippen molar-refractivity contribution < 1.29 is 19.6 Å². The van der Waals surface area contributed by atoms with Crippen LogP contribution >= 0.6 is 0 Å². The largest absolute Gasteiger partial charge is 0.357 e. The van der Waals surface area contributed by atoms with E-state index in [0.29, 0.717) is 18.7 Å². The van der Waals surface area contributed by atoms with Gasteiger partial charge in [0.15, 0.2) is 6.04 Å². The highest BCUT2D eigenvalue weighted by Gasteiger charge is 2.33. The second kappa shape index (κ2) is 12.3. The maximum atomic E-state index is 12.7. The summed E-state index contributed by atoms with van der Waals surface area (Å²) < 4.78 is 1.98. The molecule has 0 saturated heterocycles. The molecule has 1 heterocycles. The van der Waals surface area contributed by atoms with Crippen molar-refractivity contribution in [2.75, 3.05) is 14.1 Å². The first-order valence-corrected chi connectivity index (χ1v) is 11.1. The number of likely N-dealkylation sites (N-methyl/N-ethyl adjacent to an activating group) is 2. The van der Waals surface area contributed by atoms with Gasteiger partial charge in [0.05, 0.1) is 6.54 Å². The van der Waals surface area contributed by atoms with E-state index in [2.05, 4.69) is 27.5 Å². The molecule has 0 saturated carbocycles. The first kappa shape index (κ1) is 26.2. The summed E-state index contributed by atoms with van der Waals surface area (Å²) in [5.74, 6) is 4.83. The third kappa shape index (κ3) is 6.56. The smallest absolute Gasteiger partial charge is 0.275 e. The molecule has 1 aromatic heterocycles. The van der Waals surface area contributed by atoms with Crippen LogP contribution in [0.4, 0.5) is 0 Å². The topological polar surface area (TPSA) is 129 Å². The van der Waals surface area contributed by atoms with Gasteiger partial charge in [0.25, 0.3) is 17.7 Å². The lowest BCUT2D eigenvalue weighted by Crippen LogP contribution is -2.54. The number of nitrogens with zero attached hydrogens (tertiary/aromatic N) is 3. The van der Waals surface area contributed by atoms with Crippen molar-refractivity contribution in [1.82, 2.24) is 30.6 Å². The van der Waals surface area contributed by atoms with Gasteiger partial charge in [-0.3, -0.25) is 19.6 Å². The number of hydroxylamine groups is 1. The second-order valence-corrected chi connectivity index (χ2v) is 7.99. The SMILES string of the molecule is CNC(=O)C(C(=O)NO)N(C)C(=O)c1ccc(C#Cc2ccc(CNCc3nccn3C)cc2)cc1. The average Bonchev–Trinajstić information content (AvgIpc) is 3.32. The highest BCUT2D eigenvalue weighted by atomic mass is 16.5. The number of imidazole rings is 1. The lowest BCUT2D eigenvalue weighted by atomic mass is 10.1. The Balaban J connectivity index is 1.60. The van der Waals surface area contributed by atoms with Crippen molar-refractivity contribution in [3.63, 3.8) is 0 Å². The highest BCUT2D eigenvalue weighted by molar-refractivity contribution is 6.08. The van der Waals surface area contributed by atoms with Crippen molar-refractivity contribution in [2.24, 2.45) is 7.05 Å². The number of carbonyl (C=O) groups is 3. The van der Waals surface area contributed by atoms with Gasteiger partial charge in [0, 0.05) is 56.8 Å². The van der Waals surface area contributed by atoms with Crippen LogP contribution in [-0.4, -0.2) is 57.5 Å². The molecule has 0 aliphatic rings. The summed E-state index contributed by atoms with van der Waals surface area (Å²) in [5, 5.41) is 14.6. The number of benzene rings is 2. The minimum atomic E-state index is -1.51. The summed E-state index contributed by atoms with van der Waals surface area (Å²) in [7, 11) is 4.60. The summed E-state index contributed by atoms with van der Waals surface area (Å²) in [5.41, 5.74) is 4.36. The van der Waals surface area contributed by atoms with Gasteiger partial charge >= 0.3 is 0 Å². The molecule has 1 unspecified atom stereocenters. The fourth-order valence-corrected chi connectivity index (χ4v) is 3.42. The molecule has 10 nitrogen and oxygen atoms in total. The predicted octanol–water partition coefficient (Wildman–Crippen LogP) is 0.802. The molecule has 0 aliphatic heterocycles. The van der Waals surface area contributed by atoms with E-state index in [0.717, 1.165) is 21.9 Å². The Morgan fingerprint density at radius 2 is 1.61 bits per heavy atom. The molecule has 10 heteroatoms. The first-order chi connectivity index (χ1) is 17.3. The van der Waals surface area contributed by atoms with Crippen molar-refractivity contribution in [2.45, 2.75) is 19.1 Å². The van der Waals surface area contributed by atoms with Gasteiger partial charge in [0.2, 0.25) is 0 Å². The van der Waals surface area contributed by atoms with Crippen LogP contribution in [0.3, 0.4) is 0 Å². The zero-order chi connectivity index (χ0) is 26.1. The lowest BCUT2D eigenvalue weighted by Gasteiger charge is -2.25. The molecule has 186 valence electrons. The highest BCUT2D eigenvalue weighted by Crippen LogP contribution is 2.10. The monoisotopic (exact) mass is 488 g/mol. The Morgan fingerprint density at radius 3 is 2.14 bits per heavy atom. The molecule has 0 spiro atoms. The van der Waals surface area contributed by atoms with E-state index in [1.807, 2.05) is 42.1 Å². The number of aromatic nitrogens is 2. The number of hydrogen-bond donors (Lipinski definition) is 4. The predicted molar refractivity (Wildman–Crippen MR) is 132 cm³/mol. The molecule has 3 amide bonds. The molecular formula is C26H28N6O4. The van der Waals surface area contributed by atoms with Crippen LogP contribution in [-0.2, 0) is 29.7 Å². The fraction of sp³-hybridized carbons (Fsp3) is 0.231. The first-order valence-electron chi connectivity index (χ1n) is 11.1. The van der Waals surface area contributed by atoms with Gasteiger partial charge in [-0.25, -0.2) is 10.5 Å². The van der Waals surface area contributed by atoms with Gasteiger partial charge in [-0.15, -0.1) is 0 Å². The molecule has 4 N–H and O–H groups in total. The van der Waals surface area contributed by atoms with E-state index in [9.17, 15) is 14.4 Å². The van der Waals surface area contributed by atoms with Crippen molar-refractivity contribution >= 4 is 17.7 Å².